The summed E-state index contributed by atoms with van der Waals surface area (Å²) in [5.74, 6) is 0. The van der Waals surface area contributed by atoms with Gasteiger partial charge in [0.2, 0.25) is 0 Å². The summed E-state index contributed by atoms with van der Waals surface area (Å²) in [4.78, 5) is 10.7. The Balaban J connectivity index is 0. The van der Waals surface area contributed by atoms with Crippen LogP contribution in [0.4, 0.5) is 4.79 Å². The summed E-state index contributed by atoms with van der Waals surface area (Å²) in [6.07, 6.45) is 2.57. The average Bonchev–Trinajstić information content (AvgIpc) is 1.97. The van der Waals surface area contributed by atoms with Crippen molar-refractivity contribution in [1.82, 2.24) is 3.71 Å². The summed E-state index contributed by atoms with van der Waals surface area (Å²) in [6, 6.07) is 0. The van der Waals surface area contributed by atoms with E-state index >= 15 is 0 Å². The second kappa shape index (κ2) is 10.3. The van der Waals surface area contributed by atoms with Crippen LogP contribution in [0.2, 0.25) is 0 Å². The third-order valence-electron chi connectivity index (χ3n) is 1.14. The van der Waals surface area contributed by atoms with Gasteiger partial charge in [-0.3, -0.25) is 0 Å². The van der Waals surface area contributed by atoms with Gasteiger partial charge in [0.05, 0.1) is 6.61 Å². The number of hydrogen-bond donors (Lipinski definition) is 2. The molecule has 0 fully saturated rings. The number of ether oxygens (including phenoxy) is 1. The van der Waals surface area contributed by atoms with E-state index in [1.807, 2.05) is 0 Å². The van der Waals surface area contributed by atoms with Crippen molar-refractivity contribution in [1.29, 1.82) is 0 Å². The molecule has 0 spiro atoms. The zero-order valence-corrected chi connectivity index (χ0v) is 8.28. The van der Waals surface area contributed by atoms with Gasteiger partial charge in [0, 0.05) is 0 Å². The number of carbonyl (C=O) groups excluding carboxylic acids is 1. The van der Waals surface area contributed by atoms with Crippen LogP contribution in [0.3, 0.4) is 0 Å². The van der Waals surface area contributed by atoms with E-state index in [4.69, 9.17) is 4.74 Å². The van der Waals surface area contributed by atoms with Crippen molar-refractivity contribution < 1.29 is 9.53 Å². The quantitative estimate of drug-likeness (QED) is 0.439. The van der Waals surface area contributed by atoms with Gasteiger partial charge < -0.3 is 4.74 Å². The first-order valence-electron chi connectivity index (χ1n) is 3.53. The minimum absolute atomic E-state index is 0. The van der Waals surface area contributed by atoms with Gasteiger partial charge in [0.15, 0.2) is 0 Å². The number of amides is 1. The Kier molecular flexibility index (Phi) is 13.5. The third-order valence-corrected chi connectivity index (χ3v) is 1.46. The van der Waals surface area contributed by atoms with Crippen LogP contribution >= 0.6 is 25.6 Å². The van der Waals surface area contributed by atoms with Gasteiger partial charge in [-0.2, -0.15) is 3.71 Å². The molecule has 0 aliphatic carbocycles. The number of nitrogens with zero attached hydrogens (tertiary/aromatic N) is 1. The van der Waals surface area contributed by atoms with Crippen molar-refractivity contribution in [3.05, 3.63) is 0 Å². The number of thiol groups is 2. The molecule has 6 heteroatoms. The Morgan fingerprint density at radius 3 is 2.42 bits per heavy atom. The van der Waals surface area contributed by atoms with E-state index in [9.17, 15) is 4.79 Å². The molecule has 0 saturated carbocycles. The molecule has 0 aliphatic rings. The molecule has 0 bridgehead atoms. The molecule has 0 rings (SSSR count). The van der Waals surface area contributed by atoms with E-state index in [1.165, 1.54) is 0 Å². The van der Waals surface area contributed by atoms with Crippen LogP contribution in [0.25, 0.3) is 0 Å². The topological polar surface area (TPSA) is 29.5 Å². The SMILES string of the molecule is CCCCCOC(=O)N(S)S.[CaH2]. The molecule has 0 aromatic rings. The van der Waals surface area contributed by atoms with Crippen molar-refractivity contribution in [3.8, 4) is 0 Å². The van der Waals surface area contributed by atoms with Crippen molar-refractivity contribution in [3.63, 3.8) is 0 Å². The molecule has 0 radical (unpaired) electrons. The van der Waals surface area contributed by atoms with E-state index in [2.05, 4.69) is 32.6 Å². The van der Waals surface area contributed by atoms with Gasteiger partial charge in [0.1, 0.15) is 0 Å². The molecule has 0 unspecified atom stereocenters. The fraction of sp³-hybridized carbons (Fsp3) is 0.833. The average molecular weight is 237 g/mol. The van der Waals surface area contributed by atoms with Crippen LogP contribution < -0.4 is 0 Å². The fourth-order valence-electron chi connectivity index (χ4n) is 0.569. The van der Waals surface area contributed by atoms with Crippen molar-refractivity contribution in [2.45, 2.75) is 26.2 Å². The molecule has 3 nitrogen and oxygen atoms in total. The van der Waals surface area contributed by atoms with Crippen molar-refractivity contribution in [2.75, 3.05) is 6.61 Å². The molecule has 0 atom stereocenters. The van der Waals surface area contributed by atoms with Crippen LogP contribution in [0.5, 0.6) is 0 Å². The van der Waals surface area contributed by atoms with Gasteiger partial charge >= 0.3 is 43.8 Å². The fourth-order valence-corrected chi connectivity index (χ4v) is 0.685. The number of carbonyl (C=O) groups is 1. The zero-order valence-electron chi connectivity index (χ0n) is 6.49. The molecular formula is C6H15CaNO2S2. The summed E-state index contributed by atoms with van der Waals surface area (Å²) < 4.78 is 5.57. The zero-order chi connectivity index (χ0) is 8.69. The predicted octanol–water partition coefficient (Wildman–Crippen LogP) is 1.39. The Labute approximate surface area is 114 Å². The number of hydrogen-bond acceptors (Lipinski definition) is 4. The van der Waals surface area contributed by atoms with Crippen LogP contribution in [-0.2, 0) is 4.74 Å². The molecule has 0 N–H and O–H groups in total. The third kappa shape index (κ3) is 9.32. The summed E-state index contributed by atoms with van der Waals surface area (Å²) in [6.45, 7) is 2.54. The van der Waals surface area contributed by atoms with E-state index in [0.717, 1.165) is 23.0 Å². The first kappa shape index (κ1) is 15.7. The summed E-state index contributed by atoms with van der Waals surface area (Å²) in [7, 11) is 0. The second-order valence-electron chi connectivity index (χ2n) is 2.11. The van der Waals surface area contributed by atoms with Gasteiger partial charge in [-0.15, -0.1) is 0 Å². The Morgan fingerprint density at radius 1 is 1.42 bits per heavy atom. The van der Waals surface area contributed by atoms with Crippen molar-refractivity contribution >= 4 is 69.5 Å². The van der Waals surface area contributed by atoms with E-state index < -0.39 is 6.09 Å². The minimum atomic E-state index is -0.521. The Hall–Kier alpha value is 1.23. The molecule has 70 valence electrons. The van der Waals surface area contributed by atoms with E-state index in [-0.39, 0.29) is 37.7 Å². The van der Waals surface area contributed by atoms with Crippen LogP contribution in [0.15, 0.2) is 0 Å². The van der Waals surface area contributed by atoms with Crippen LogP contribution in [-0.4, -0.2) is 54.1 Å². The second-order valence-corrected chi connectivity index (χ2v) is 3.23. The predicted molar refractivity (Wildman–Crippen MR) is 59.2 cm³/mol. The molecular weight excluding hydrogens is 222 g/mol. The Morgan fingerprint density at radius 2 is 2.00 bits per heavy atom. The standard InChI is InChI=1S/C6H13NO2S2.Ca.2H/c1-2-3-4-5-9-6(8)7(10)11;;;/h10-11H,2-5H2,1H3;;;. The summed E-state index contributed by atoms with van der Waals surface area (Å²) in [5.41, 5.74) is 0. The molecule has 0 heterocycles. The summed E-state index contributed by atoms with van der Waals surface area (Å²) in [5, 5.41) is 0. The molecule has 12 heavy (non-hydrogen) atoms. The van der Waals surface area contributed by atoms with Crippen molar-refractivity contribution in [2.24, 2.45) is 0 Å². The maximum absolute atomic E-state index is 10.7. The van der Waals surface area contributed by atoms with Crippen LogP contribution in [0, 0.1) is 0 Å². The molecule has 0 aromatic heterocycles. The maximum atomic E-state index is 10.7. The molecule has 0 aromatic carbocycles. The first-order valence-corrected chi connectivity index (χ1v) is 4.33. The van der Waals surface area contributed by atoms with Gasteiger partial charge in [-0.05, 0) is 32.1 Å². The van der Waals surface area contributed by atoms with E-state index in [0.29, 0.717) is 6.61 Å². The monoisotopic (exact) mass is 237 g/mol. The molecule has 0 aliphatic heterocycles. The van der Waals surface area contributed by atoms with Gasteiger partial charge in [-0.25, -0.2) is 4.79 Å². The van der Waals surface area contributed by atoms with Gasteiger partial charge in [0.25, 0.3) is 0 Å². The molecule has 0 saturated heterocycles. The summed E-state index contributed by atoms with van der Waals surface area (Å²) >= 11 is 7.28. The molecule has 1 amide bonds. The van der Waals surface area contributed by atoms with Gasteiger partial charge in [-0.1, -0.05) is 19.8 Å². The van der Waals surface area contributed by atoms with E-state index in [1.54, 1.807) is 0 Å². The van der Waals surface area contributed by atoms with Crippen LogP contribution in [0.1, 0.15) is 26.2 Å². The number of rotatable bonds is 4. The first-order chi connectivity index (χ1) is 5.18. The normalized spacial score (nSPS) is 8.58. The Bertz CT molecular complexity index is 124. The number of unbranched alkanes of at least 4 members (excludes halogenated alkanes) is 2.